The third-order valence-corrected chi connectivity index (χ3v) is 3.71. The molecule has 2 fully saturated rings. The first-order chi connectivity index (χ1) is 6.99. The molecule has 1 unspecified atom stereocenters. The molecule has 1 atom stereocenters. The molecule has 3 heteroatoms. The molecule has 1 amide bonds. The van der Waals surface area contributed by atoms with Gasteiger partial charge in [0.1, 0.15) is 0 Å². The van der Waals surface area contributed by atoms with Crippen LogP contribution in [0.3, 0.4) is 0 Å². The minimum atomic E-state index is -0.0274. The van der Waals surface area contributed by atoms with Crippen LogP contribution >= 0.6 is 0 Å². The molecule has 15 heavy (non-hydrogen) atoms. The maximum Gasteiger partial charge on any atom is 0.221 e. The Hall–Kier alpha value is -0.570. The van der Waals surface area contributed by atoms with Gasteiger partial charge in [-0.3, -0.25) is 4.79 Å². The highest BCUT2D eigenvalue weighted by Crippen LogP contribution is 2.39. The summed E-state index contributed by atoms with van der Waals surface area (Å²) in [5.41, 5.74) is 5.90. The lowest BCUT2D eigenvalue weighted by Crippen LogP contribution is -2.47. The summed E-state index contributed by atoms with van der Waals surface area (Å²) in [7, 11) is 0. The molecular weight excluding hydrogens is 188 g/mol. The van der Waals surface area contributed by atoms with Crippen LogP contribution in [-0.2, 0) is 4.79 Å². The number of carbonyl (C=O) groups excluding carboxylic acids is 1. The number of nitrogens with one attached hydrogen (secondary N) is 1. The highest BCUT2D eigenvalue weighted by molar-refractivity contribution is 5.77. The van der Waals surface area contributed by atoms with E-state index < -0.39 is 0 Å². The zero-order chi connectivity index (χ0) is 11.1. The van der Waals surface area contributed by atoms with Gasteiger partial charge in [-0.05, 0) is 51.4 Å². The third kappa shape index (κ3) is 2.94. The van der Waals surface area contributed by atoms with E-state index in [0.29, 0.717) is 18.3 Å². The van der Waals surface area contributed by atoms with Crippen LogP contribution in [0.25, 0.3) is 0 Å². The number of nitrogens with two attached hydrogens (primary N) is 1. The maximum atomic E-state index is 11.7. The Balaban J connectivity index is 1.75. The van der Waals surface area contributed by atoms with E-state index in [4.69, 9.17) is 5.73 Å². The third-order valence-electron chi connectivity index (χ3n) is 3.71. The van der Waals surface area contributed by atoms with Gasteiger partial charge in [0.15, 0.2) is 0 Å². The fourth-order valence-corrected chi connectivity index (χ4v) is 2.22. The van der Waals surface area contributed by atoms with Crippen LogP contribution in [0.4, 0.5) is 0 Å². The first-order valence-electron chi connectivity index (χ1n) is 6.05. The van der Waals surface area contributed by atoms with E-state index in [1.54, 1.807) is 0 Å². The van der Waals surface area contributed by atoms with E-state index >= 15 is 0 Å². The zero-order valence-corrected chi connectivity index (χ0v) is 9.75. The Labute approximate surface area is 91.8 Å². The van der Waals surface area contributed by atoms with E-state index in [1.165, 1.54) is 25.7 Å². The summed E-state index contributed by atoms with van der Waals surface area (Å²) < 4.78 is 0. The standard InChI is InChI=1S/C12H22N2O/c1-12(2,9-5-6-9)14-11(15)7-10(13)8-3-4-8/h8-10H,3-7,13H2,1-2H3,(H,14,15). The zero-order valence-electron chi connectivity index (χ0n) is 9.75. The van der Waals surface area contributed by atoms with Crippen molar-refractivity contribution in [2.24, 2.45) is 17.6 Å². The molecule has 0 heterocycles. The number of rotatable bonds is 5. The summed E-state index contributed by atoms with van der Waals surface area (Å²) in [5, 5.41) is 3.11. The molecule has 2 aliphatic carbocycles. The molecule has 2 aliphatic rings. The Bertz CT molecular complexity index is 254. The highest BCUT2D eigenvalue weighted by atomic mass is 16.1. The molecule has 2 saturated carbocycles. The Morgan fingerprint density at radius 2 is 2.00 bits per heavy atom. The van der Waals surface area contributed by atoms with Crippen molar-refractivity contribution in [3.05, 3.63) is 0 Å². The summed E-state index contributed by atoms with van der Waals surface area (Å²) in [6, 6.07) is 0.0833. The Morgan fingerprint density at radius 1 is 1.40 bits per heavy atom. The van der Waals surface area contributed by atoms with Crippen molar-refractivity contribution in [1.29, 1.82) is 0 Å². The van der Waals surface area contributed by atoms with Crippen LogP contribution in [0.1, 0.15) is 46.0 Å². The minimum absolute atomic E-state index is 0.0274. The maximum absolute atomic E-state index is 11.7. The van der Waals surface area contributed by atoms with Gasteiger partial charge in [-0.2, -0.15) is 0 Å². The molecule has 0 radical (unpaired) electrons. The molecule has 3 nitrogen and oxygen atoms in total. The minimum Gasteiger partial charge on any atom is -0.351 e. The van der Waals surface area contributed by atoms with Crippen LogP contribution in [-0.4, -0.2) is 17.5 Å². The van der Waals surface area contributed by atoms with Gasteiger partial charge in [0.2, 0.25) is 5.91 Å². The first kappa shape index (κ1) is 10.9. The molecule has 86 valence electrons. The fourth-order valence-electron chi connectivity index (χ4n) is 2.22. The smallest absolute Gasteiger partial charge is 0.221 e. The van der Waals surface area contributed by atoms with Crippen LogP contribution in [0.2, 0.25) is 0 Å². The summed E-state index contributed by atoms with van der Waals surface area (Å²) in [6.45, 7) is 4.23. The van der Waals surface area contributed by atoms with E-state index in [2.05, 4.69) is 19.2 Å². The van der Waals surface area contributed by atoms with Crippen molar-refractivity contribution in [2.75, 3.05) is 0 Å². The Morgan fingerprint density at radius 3 is 2.47 bits per heavy atom. The van der Waals surface area contributed by atoms with Crippen LogP contribution < -0.4 is 11.1 Å². The predicted octanol–water partition coefficient (Wildman–Crippen LogP) is 1.42. The molecule has 0 aromatic heterocycles. The summed E-state index contributed by atoms with van der Waals surface area (Å²) in [5.74, 6) is 1.42. The van der Waals surface area contributed by atoms with Gasteiger partial charge in [0, 0.05) is 18.0 Å². The molecule has 3 N–H and O–H groups in total. The van der Waals surface area contributed by atoms with E-state index in [0.717, 1.165) is 0 Å². The molecule has 2 rings (SSSR count). The highest BCUT2D eigenvalue weighted by Gasteiger charge is 2.39. The van der Waals surface area contributed by atoms with Gasteiger partial charge in [0.05, 0.1) is 0 Å². The van der Waals surface area contributed by atoms with Crippen molar-refractivity contribution in [1.82, 2.24) is 5.32 Å². The first-order valence-corrected chi connectivity index (χ1v) is 6.05. The average Bonchev–Trinajstić information content (AvgIpc) is 2.98. The van der Waals surface area contributed by atoms with Gasteiger partial charge in [-0.25, -0.2) is 0 Å². The lowest BCUT2D eigenvalue weighted by molar-refractivity contribution is -0.123. The monoisotopic (exact) mass is 210 g/mol. The van der Waals surface area contributed by atoms with Gasteiger partial charge >= 0.3 is 0 Å². The summed E-state index contributed by atoms with van der Waals surface area (Å²) in [4.78, 5) is 11.7. The van der Waals surface area contributed by atoms with E-state index in [1.807, 2.05) is 0 Å². The number of amides is 1. The SMILES string of the molecule is CC(C)(NC(=O)CC(N)C1CC1)C1CC1. The predicted molar refractivity (Wildman–Crippen MR) is 60.3 cm³/mol. The van der Waals surface area contributed by atoms with Gasteiger partial charge in [-0.1, -0.05) is 0 Å². The van der Waals surface area contributed by atoms with Crippen LogP contribution in [0, 0.1) is 11.8 Å². The molecule has 0 saturated heterocycles. The van der Waals surface area contributed by atoms with Crippen molar-refractivity contribution in [3.63, 3.8) is 0 Å². The molecule has 0 spiro atoms. The molecule has 0 aliphatic heterocycles. The lowest BCUT2D eigenvalue weighted by atomic mass is 9.98. The second-order valence-electron chi connectivity index (χ2n) is 5.75. The Kier molecular flexibility index (Phi) is 2.75. The van der Waals surface area contributed by atoms with Gasteiger partial charge in [0.25, 0.3) is 0 Å². The summed E-state index contributed by atoms with van der Waals surface area (Å²) >= 11 is 0. The van der Waals surface area contributed by atoms with Crippen molar-refractivity contribution < 1.29 is 4.79 Å². The molecule has 0 aromatic carbocycles. The molecule has 0 aromatic rings. The van der Waals surface area contributed by atoms with Crippen molar-refractivity contribution >= 4 is 5.91 Å². The van der Waals surface area contributed by atoms with Crippen LogP contribution in [0.15, 0.2) is 0 Å². The van der Waals surface area contributed by atoms with Gasteiger partial charge in [-0.15, -0.1) is 0 Å². The molecule has 0 bridgehead atoms. The summed E-state index contributed by atoms with van der Waals surface area (Å²) in [6.07, 6.45) is 5.42. The average molecular weight is 210 g/mol. The topological polar surface area (TPSA) is 55.1 Å². The number of hydrogen-bond donors (Lipinski definition) is 2. The van der Waals surface area contributed by atoms with Crippen molar-refractivity contribution in [3.8, 4) is 0 Å². The second kappa shape index (κ2) is 3.78. The second-order valence-corrected chi connectivity index (χ2v) is 5.75. The van der Waals surface area contributed by atoms with E-state index in [9.17, 15) is 4.79 Å². The number of carbonyl (C=O) groups is 1. The van der Waals surface area contributed by atoms with Crippen molar-refractivity contribution in [2.45, 2.75) is 57.5 Å². The van der Waals surface area contributed by atoms with Crippen LogP contribution in [0.5, 0.6) is 0 Å². The number of hydrogen-bond acceptors (Lipinski definition) is 2. The van der Waals surface area contributed by atoms with Gasteiger partial charge < -0.3 is 11.1 Å². The fraction of sp³-hybridized carbons (Fsp3) is 0.917. The largest absolute Gasteiger partial charge is 0.351 e. The normalized spacial score (nSPS) is 23.7. The van der Waals surface area contributed by atoms with E-state index in [-0.39, 0.29) is 17.5 Å². The quantitative estimate of drug-likeness (QED) is 0.721. The lowest BCUT2D eigenvalue weighted by Gasteiger charge is -2.26. The molecular formula is C12H22N2O.